The maximum Gasteiger partial charge on any atom is 0.348 e. The summed E-state index contributed by atoms with van der Waals surface area (Å²) in [6.45, 7) is 0.685. The number of ether oxygens (including phenoxy) is 3. The van der Waals surface area contributed by atoms with E-state index in [-0.39, 0.29) is 37.3 Å². The average Bonchev–Trinajstić information content (AvgIpc) is 3.23. The molecule has 0 aliphatic carbocycles. The summed E-state index contributed by atoms with van der Waals surface area (Å²) in [5.74, 6) is -0.401. The number of nitrogens with one attached hydrogen (secondary N) is 1. The third-order valence-electron chi connectivity index (χ3n) is 6.97. The van der Waals surface area contributed by atoms with Crippen molar-refractivity contribution < 1.29 is 23.8 Å². The molecule has 39 heavy (non-hydrogen) atoms. The summed E-state index contributed by atoms with van der Waals surface area (Å²) in [4.78, 5) is 27.7. The zero-order valence-corrected chi connectivity index (χ0v) is 22.9. The number of nitrogens with two attached hydrogens (primary N) is 1. The minimum atomic E-state index is -1.66. The molecule has 0 unspecified atom stereocenters. The number of benzene rings is 3. The molecule has 1 heterocycles. The van der Waals surface area contributed by atoms with Gasteiger partial charge < -0.3 is 24.8 Å². The first-order chi connectivity index (χ1) is 18.4. The molecule has 0 saturated carbocycles. The summed E-state index contributed by atoms with van der Waals surface area (Å²) in [6, 6.07) is 24.8. The Morgan fingerprint density at radius 1 is 1.00 bits per heavy atom. The number of nitrogen functional groups attached to an aromatic ring is 1. The Bertz CT molecular complexity index is 1270. The van der Waals surface area contributed by atoms with Crippen molar-refractivity contribution >= 4 is 30.1 Å². The van der Waals surface area contributed by atoms with Crippen LogP contribution >= 0.6 is 12.4 Å². The minimum Gasteiger partial charge on any atom is -0.491 e. The van der Waals surface area contributed by atoms with Gasteiger partial charge in [0.2, 0.25) is 5.60 Å². The van der Waals surface area contributed by atoms with E-state index < -0.39 is 17.5 Å². The van der Waals surface area contributed by atoms with Crippen LogP contribution in [0, 0.1) is 5.41 Å². The third-order valence-corrected chi connectivity index (χ3v) is 6.97. The molecule has 206 valence electrons. The second kappa shape index (κ2) is 13.3. The molecule has 0 aromatic heterocycles. The summed E-state index contributed by atoms with van der Waals surface area (Å²) in [5.41, 5.74) is 7.73. The maximum absolute atomic E-state index is 13.4. The van der Waals surface area contributed by atoms with E-state index in [2.05, 4.69) is 12.1 Å². The topological polar surface area (TPSA) is 115 Å². The third kappa shape index (κ3) is 6.58. The number of hydrogen-bond acceptors (Lipinski definition) is 6. The zero-order valence-electron chi connectivity index (χ0n) is 22.1. The van der Waals surface area contributed by atoms with E-state index in [4.69, 9.17) is 25.4 Å². The van der Waals surface area contributed by atoms with E-state index in [1.54, 1.807) is 4.90 Å². The monoisotopic (exact) mass is 551 g/mol. The molecule has 1 fully saturated rings. The maximum atomic E-state index is 13.4. The quantitative estimate of drug-likeness (QED) is 0.159. The smallest absolute Gasteiger partial charge is 0.348 e. The molecule has 1 aliphatic heterocycles. The lowest BCUT2D eigenvalue weighted by atomic mass is 9.99. The first-order valence-corrected chi connectivity index (χ1v) is 12.5. The largest absolute Gasteiger partial charge is 0.491 e. The molecule has 3 N–H and O–H groups in total. The fourth-order valence-electron chi connectivity index (χ4n) is 4.83. The molecular formula is C30H34ClN3O5. The number of likely N-dealkylation sites (tertiary alicyclic amines) is 1. The Kier molecular flexibility index (Phi) is 10.1. The Labute approximate surface area is 235 Å². The van der Waals surface area contributed by atoms with Crippen molar-refractivity contribution in [1.29, 1.82) is 5.41 Å². The molecule has 1 saturated heterocycles. The predicted molar refractivity (Wildman–Crippen MR) is 152 cm³/mol. The highest BCUT2D eigenvalue weighted by atomic mass is 35.5. The number of amidine groups is 1. The van der Waals surface area contributed by atoms with Gasteiger partial charge in [0, 0.05) is 25.6 Å². The van der Waals surface area contributed by atoms with Crippen LogP contribution in [0.1, 0.15) is 24.0 Å². The van der Waals surface area contributed by atoms with Crippen LogP contribution < -0.4 is 10.5 Å². The number of hydrogen-bond donors (Lipinski definition) is 2. The number of aryl methyl sites for hydroxylation is 1. The van der Waals surface area contributed by atoms with Gasteiger partial charge in [-0.2, -0.15) is 0 Å². The summed E-state index contributed by atoms with van der Waals surface area (Å²) in [5, 5.41) is 7.53. The Morgan fingerprint density at radius 2 is 1.62 bits per heavy atom. The number of carbonyl (C=O) groups excluding carboxylic acids is 2. The van der Waals surface area contributed by atoms with E-state index in [9.17, 15) is 9.59 Å². The highest BCUT2D eigenvalue weighted by Gasteiger charge is 2.58. The van der Waals surface area contributed by atoms with E-state index in [1.165, 1.54) is 19.8 Å². The normalized spacial score (nSPS) is 18.4. The standard InChI is InChI=1S/C30H33N3O5.ClH/c1-36-29(35)30(37-2)19-25(33(28(30)34)18-6-9-21-7-4-3-5-8-21)20-38-26-16-14-23(15-17-26)22-10-12-24(13-11-22)27(31)32;/h3-5,7-8,10-17,25H,6,9,18-20H2,1-2H3,(H3,31,32);1H/t25-,30+;/m0./s1. The second-order valence-electron chi connectivity index (χ2n) is 9.29. The van der Waals surface area contributed by atoms with Gasteiger partial charge in [0.25, 0.3) is 5.91 Å². The van der Waals surface area contributed by atoms with E-state index >= 15 is 0 Å². The number of halogens is 1. The molecule has 3 aromatic carbocycles. The van der Waals surface area contributed by atoms with Crippen molar-refractivity contribution in [2.45, 2.75) is 30.9 Å². The number of methoxy groups -OCH3 is 2. The minimum absolute atomic E-state index is 0. The molecule has 9 heteroatoms. The zero-order chi connectivity index (χ0) is 27.1. The number of carbonyl (C=O) groups is 2. The number of nitrogens with zero attached hydrogens (tertiary/aromatic N) is 1. The van der Waals surface area contributed by atoms with Gasteiger partial charge in [-0.1, -0.05) is 66.7 Å². The molecule has 0 bridgehead atoms. The lowest BCUT2D eigenvalue weighted by Crippen LogP contribution is -2.49. The fraction of sp³-hybridized carbons (Fsp3) is 0.300. The molecule has 8 nitrogen and oxygen atoms in total. The van der Waals surface area contributed by atoms with Crippen LogP contribution in [0.25, 0.3) is 11.1 Å². The SMILES string of the molecule is COC(=O)[C@@]1(OC)C[C@@H](COc2ccc(-c3ccc(C(=N)N)cc3)cc2)N(CCCc2ccccc2)C1=O.Cl. The van der Waals surface area contributed by atoms with Crippen LogP contribution in [-0.4, -0.2) is 61.6 Å². The molecule has 1 aliphatic rings. The summed E-state index contributed by atoms with van der Waals surface area (Å²) >= 11 is 0. The number of amides is 1. The van der Waals surface area contributed by atoms with Gasteiger partial charge >= 0.3 is 5.97 Å². The first-order valence-electron chi connectivity index (χ1n) is 12.5. The van der Waals surface area contributed by atoms with Crippen molar-refractivity contribution in [2.75, 3.05) is 27.4 Å². The van der Waals surface area contributed by atoms with Gasteiger partial charge in [-0.15, -0.1) is 12.4 Å². The molecule has 0 spiro atoms. The van der Waals surface area contributed by atoms with Crippen LogP contribution in [0.15, 0.2) is 78.9 Å². The summed E-state index contributed by atoms with van der Waals surface area (Å²) in [6.07, 6.45) is 1.70. The Hall–Kier alpha value is -3.88. The summed E-state index contributed by atoms with van der Waals surface area (Å²) in [7, 11) is 2.62. The molecule has 4 rings (SSSR count). The first kappa shape index (κ1) is 29.7. The molecule has 0 radical (unpaired) electrons. The van der Waals surface area contributed by atoms with Gasteiger partial charge in [-0.05, 0) is 41.7 Å². The molecular weight excluding hydrogens is 518 g/mol. The van der Waals surface area contributed by atoms with Crippen LogP contribution in [0.4, 0.5) is 0 Å². The Morgan fingerprint density at radius 3 is 2.18 bits per heavy atom. The van der Waals surface area contributed by atoms with Crippen LogP contribution in [0.3, 0.4) is 0 Å². The van der Waals surface area contributed by atoms with E-state index in [0.29, 0.717) is 17.9 Å². The number of esters is 1. The van der Waals surface area contributed by atoms with Crippen molar-refractivity contribution in [3.8, 4) is 16.9 Å². The van der Waals surface area contributed by atoms with Gasteiger partial charge in [-0.25, -0.2) is 4.79 Å². The van der Waals surface area contributed by atoms with Gasteiger partial charge in [0.1, 0.15) is 18.2 Å². The highest BCUT2D eigenvalue weighted by molar-refractivity contribution is 6.08. The molecule has 1 amide bonds. The average molecular weight is 552 g/mol. The fourth-order valence-corrected chi connectivity index (χ4v) is 4.83. The van der Waals surface area contributed by atoms with Crippen LogP contribution in [0.2, 0.25) is 0 Å². The molecule has 2 atom stereocenters. The van der Waals surface area contributed by atoms with Crippen LogP contribution in [0.5, 0.6) is 5.75 Å². The second-order valence-corrected chi connectivity index (χ2v) is 9.29. The predicted octanol–water partition coefficient (Wildman–Crippen LogP) is 4.23. The highest BCUT2D eigenvalue weighted by Crippen LogP contribution is 2.34. The van der Waals surface area contributed by atoms with Gasteiger partial charge in [0.05, 0.1) is 13.2 Å². The van der Waals surface area contributed by atoms with Crippen molar-refractivity contribution in [3.05, 3.63) is 90.0 Å². The van der Waals surface area contributed by atoms with Crippen molar-refractivity contribution in [3.63, 3.8) is 0 Å². The van der Waals surface area contributed by atoms with Gasteiger partial charge in [-0.3, -0.25) is 10.2 Å². The van der Waals surface area contributed by atoms with Crippen molar-refractivity contribution in [2.24, 2.45) is 5.73 Å². The number of rotatable bonds is 11. The molecule has 3 aromatic rings. The van der Waals surface area contributed by atoms with E-state index in [1.807, 2.05) is 66.7 Å². The van der Waals surface area contributed by atoms with Gasteiger partial charge in [0.15, 0.2) is 0 Å². The lowest BCUT2D eigenvalue weighted by molar-refractivity contribution is -0.172. The summed E-state index contributed by atoms with van der Waals surface area (Å²) < 4.78 is 16.5. The van der Waals surface area contributed by atoms with E-state index in [0.717, 1.165) is 24.0 Å². The van der Waals surface area contributed by atoms with Crippen LogP contribution in [-0.2, 0) is 25.5 Å². The Balaban J connectivity index is 0.00000420. The van der Waals surface area contributed by atoms with Crippen molar-refractivity contribution in [1.82, 2.24) is 4.90 Å². The lowest BCUT2D eigenvalue weighted by Gasteiger charge is -2.25.